The highest BCUT2D eigenvalue weighted by Gasteiger charge is 1.98. The number of alkyl halides is 1. The van der Waals surface area contributed by atoms with Gasteiger partial charge in [0.2, 0.25) is 5.91 Å². The van der Waals surface area contributed by atoms with Gasteiger partial charge in [0.05, 0.1) is 6.10 Å². The first-order valence-corrected chi connectivity index (χ1v) is 5.73. The molecule has 0 spiro atoms. The summed E-state index contributed by atoms with van der Waals surface area (Å²) in [7, 11) is 0. The van der Waals surface area contributed by atoms with Crippen LogP contribution < -0.4 is 5.32 Å². The zero-order chi connectivity index (χ0) is 10.1. The van der Waals surface area contributed by atoms with E-state index in [1.807, 2.05) is 13.8 Å². The minimum Gasteiger partial charge on any atom is -0.379 e. The van der Waals surface area contributed by atoms with Gasteiger partial charge in [-0.15, -0.1) is 0 Å². The molecule has 0 unspecified atom stereocenters. The van der Waals surface area contributed by atoms with E-state index in [1.165, 1.54) is 0 Å². The molecule has 0 aromatic heterocycles. The highest BCUT2D eigenvalue weighted by Crippen LogP contribution is 1.90. The predicted molar refractivity (Wildman–Crippen MR) is 57.1 cm³/mol. The van der Waals surface area contributed by atoms with Gasteiger partial charge in [-0.05, 0) is 20.3 Å². The molecule has 0 aromatic carbocycles. The van der Waals surface area contributed by atoms with Crippen LogP contribution in [0.2, 0.25) is 0 Å². The van der Waals surface area contributed by atoms with Gasteiger partial charge >= 0.3 is 0 Å². The number of rotatable bonds is 7. The Balaban J connectivity index is 3.11. The first kappa shape index (κ1) is 12.9. The maximum atomic E-state index is 11.0. The number of hydrogen-bond donors (Lipinski definition) is 1. The third-order valence-electron chi connectivity index (χ3n) is 1.42. The molecule has 0 saturated heterocycles. The number of carbonyl (C=O) groups excluding carboxylic acids is 1. The van der Waals surface area contributed by atoms with E-state index in [-0.39, 0.29) is 12.0 Å². The van der Waals surface area contributed by atoms with E-state index in [1.54, 1.807) is 0 Å². The van der Waals surface area contributed by atoms with Gasteiger partial charge in [0, 0.05) is 24.9 Å². The topological polar surface area (TPSA) is 38.3 Å². The average molecular weight is 252 g/mol. The quantitative estimate of drug-likeness (QED) is 0.553. The van der Waals surface area contributed by atoms with Crippen LogP contribution in [0.4, 0.5) is 0 Å². The fraction of sp³-hybridized carbons (Fsp3) is 0.889. The summed E-state index contributed by atoms with van der Waals surface area (Å²) < 4.78 is 5.32. The van der Waals surface area contributed by atoms with Crippen LogP contribution in [0.3, 0.4) is 0 Å². The Hall–Kier alpha value is -0.0900. The Labute approximate surface area is 88.4 Å². The largest absolute Gasteiger partial charge is 0.379 e. The summed E-state index contributed by atoms with van der Waals surface area (Å²) in [6.07, 6.45) is 1.70. The summed E-state index contributed by atoms with van der Waals surface area (Å²) in [6, 6.07) is 0. The van der Waals surface area contributed by atoms with Crippen LogP contribution in [0.15, 0.2) is 0 Å². The highest BCUT2D eigenvalue weighted by atomic mass is 79.9. The summed E-state index contributed by atoms with van der Waals surface area (Å²) in [5.74, 6) is 0.0985. The summed E-state index contributed by atoms with van der Waals surface area (Å²) in [6.45, 7) is 5.43. The molecule has 78 valence electrons. The van der Waals surface area contributed by atoms with Crippen molar-refractivity contribution >= 4 is 21.8 Å². The van der Waals surface area contributed by atoms with Crippen molar-refractivity contribution < 1.29 is 9.53 Å². The molecule has 3 nitrogen and oxygen atoms in total. The molecule has 0 aliphatic rings. The molecule has 0 aliphatic carbocycles. The smallest absolute Gasteiger partial charge is 0.220 e. The number of halogens is 1. The summed E-state index contributed by atoms with van der Waals surface area (Å²) in [5, 5.41) is 3.53. The standard InChI is InChI=1S/C9H18BrNO2/c1-8(2)13-7-3-6-11-9(12)4-5-10/h8H,3-7H2,1-2H3,(H,11,12). The van der Waals surface area contributed by atoms with Crippen molar-refractivity contribution in [2.45, 2.75) is 32.8 Å². The van der Waals surface area contributed by atoms with E-state index in [4.69, 9.17) is 4.74 Å². The molecule has 0 bridgehead atoms. The maximum absolute atomic E-state index is 11.0. The summed E-state index contributed by atoms with van der Waals surface area (Å²) in [5.41, 5.74) is 0. The van der Waals surface area contributed by atoms with Crippen molar-refractivity contribution in [3.05, 3.63) is 0 Å². The van der Waals surface area contributed by atoms with Crippen molar-refractivity contribution in [1.29, 1.82) is 0 Å². The van der Waals surface area contributed by atoms with E-state index in [0.717, 1.165) is 11.8 Å². The average Bonchev–Trinajstić information content (AvgIpc) is 2.03. The predicted octanol–water partition coefficient (Wildman–Crippen LogP) is 1.70. The van der Waals surface area contributed by atoms with Crippen molar-refractivity contribution in [3.8, 4) is 0 Å². The maximum Gasteiger partial charge on any atom is 0.220 e. The molecule has 0 atom stereocenters. The fourth-order valence-corrected chi connectivity index (χ4v) is 1.15. The number of nitrogens with one attached hydrogen (secondary N) is 1. The lowest BCUT2D eigenvalue weighted by molar-refractivity contribution is -0.120. The van der Waals surface area contributed by atoms with E-state index in [2.05, 4.69) is 21.2 Å². The Morgan fingerprint density at radius 3 is 2.77 bits per heavy atom. The zero-order valence-electron chi connectivity index (χ0n) is 8.31. The Kier molecular flexibility index (Phi) is 8.45. The van der Waals surface area contributed by atoms with Crippen LogP contribution in [0, 0.1) is 0 Å². The molecule has 0 fully saturated rings. The molecule has 1 N–H and O–H groups in total. The van der Waals surface area contributed by atoms with Gasteiger partial charge in [0.1, 0.15) is 0 Å². The van der Waals surface area contributed by atoms with Gasteiger partial charge in [-0.1, -0.05) is 15.9 Å². The first-order chi connectivity index (χ1) is 6.16. The molecule has 0 radical (unpaired) electrons. The minimum atomic E-state index is 0.0985. The Morgan fingerprint density at radius 2 is 2.23 bits per heavy atom. The zero-order valence-corrected chi connectivity index (χ0v) is 9.89. The van der Waals surface area contributed by atoms with Gasteiger partial charge in [-0.2, -0.15) is 0 Å². The van der Waals surface area contributed by atoms with Gasteiger partial charge in [-0.3, -0.25) is 4.79 Å². The monoisotopic (exact) mass is 251 g/mol. The second-order valence-corrected chi connectivity index (χ2v) is 3.86. The molecular formula is C9H18BrNO2. The number of amides is 1. The van der Waals surface area contributed by atoms with Gasteiger partial charge in [0.15, 0.2) is 0 Å². The molecule has 1 amide bonds. The fourth-order valence-electron chi connectivity index (χ4n) is 0.793. The second-order valence-electron chi connectivity index (χ2n) is 3.06. The van der Waals surface area contributed by atoms with Crippen molar-refractivity contribution in [2.24, 2.45) is 0 Å². The molecule has 0 saturated carbocycles. The van der Waals surface area contributed by atoms with Crippen LogP contribution in [0.5, 0.6) is 0 Å². The molecule has 4 heteroatoms. The van der Waals surface area contributed by atoms with Crippen LogP contribution >= 0.6 is 15.9 Å². The minimum absolute atomic E-state index is 0.0985. The van der Waals surface area contributed by atoms with Crippen LogP contribution in [0.25, 0.3) is 0 Å². The van der Waals surface area contributed by atoms with E-state index in [9.17, 15) is 4.79 Å². The molecule has 0 aliphatic heterocycles. The highest BCUT2D eigenvalue weighted by molar-refractivity contribution is 9.09. The molecule has 0 rings (SSSR count). The van der Waals surface area contributed by atoms with Gasteiger partial charge in [-0.25, -0.2) is 0 Å². The van der Waals surface area contributed by atoms with E-state index < -0.39 is 0 Å². The molecule has 0 aromatic rings. The van der Waals surface area contributed by atoms with Gasteiger partial charge < -0.3 is 10.1 Å². The Morgan fingerprint density at radius 1 is 1.54 bits per heavy atom. The normalized spacial score (nSPS) is 10.5. The lowest BCUT2D eigenvalue weighted by Gasteiger charge is -2.07. The van der Waals surface area contributed by atoms with Crippen LogP contribution in [-0.2, 0) is 9.53 Å². The van der Waals surface area contributed by atoms with Crippen LogP contribution in [-0.4, -0.2) is 30.5 Å². The third-order valence-corrected chi connectivity index (χ3v) is 1.81. The van der Waals surface area contributed by atoms with Gasteiger partial charge in [0.25, 0.3) is 0 Å². The number of ether oxygens (including phenoxy) is 1. The van der Waals surface area contributed by atoms with Crippen molar-refractivity contribution in [2.75, 3.05) is 18.5 Å². The summed E-state index contributed by atoms with van der Waals surface area (Å²) >= 11 is 3.21. The number of carbonyl (C=O) groups is 1. The molecule has 13 heavy (non-hydrogen) atoms. The molecule has 0 heterocycles. The second kappa shape index (κ2) is 8.51. The summed E-state index contributed by atoms with van der Waals surface area (Å²) in [4.78, 5) is 11.0. The van der Waals surface area contributed by atoms with Crippen molar-refractivity contribution in [1.82, 2.24) is 5.32 Å². The number of hydrogen-bond acceptors (Lipinski definition) is 2. The molecular weight excluding hydrogens is 234 g/mol. The SMILES string of the molecule is CC(C)OCCCNC(=O)CCBr. The third kappa shape index (κ3) is 9.83. The first-order valence-electron chi connectivity index (χ1n) is 4.61. The lowest BCUT2D eigenvalue weighted by atomic mass is 10.4. The van der Waals surface area contributed by atoms with E-state index >= 15 is 0 Å². The lowest BCUT2D eigenvalue weighted by Crippen LogP contribution is -2.25. The Bertz CT molecular complexity index is 140. The van der Waals surface area contributed by atoms with E-state index in [0.29, 0.717) is 19.6 Å². The van der Waals surface area contributed by atoms with Crippen molar-refractivity contribution in [3.63, 3.8) is 0 Å². The van der Waals surface area contributed by atoms with Crippen LogP contribution in [0.1, 0.15) is 26.7 Å².